The average Bonchev–Trinajstić information content (AvgIpc) is 3.05. The van der Waals surface area contributed by atoms with E-state index >= 15 is 0 Å². The number of hydrogen-bond acceptors (Lipinski definition) is 3. The van der Waals surface area contributed by atoms with Gasteiger partial charge in [-0.2, -0.15) is 0 Å². The summed E-state index contributed by atoms with van der Waals surface area (Å²) < 4.78 is 12.6. The molecule has 6 heteroatoms. The zero-order chi connectivity index (χ0) is 17.6. The van der Waals surface area contributed by atoms with Gasteiger partial charge in [-0.3, -0.25) is 4.57 Å². The van der Waals surface area contributed by atoms with Crippen LogP contribution >= 0.6 is 7.37 Å². The Morgan fingerprint density at radius 1 is 1.08 bits per heavy atom. The Hall–Kier alpha value is -0.640. The first kappa shape index (κ1) is 19.7. The molecule has 4 N–H and O–H groups in total. The van der Waals surface area contributed by atoms with E-state index in [1.54, 1.807) is 6.08 Å². The molecular weight excluding hydrogens is 325 g/mol. The fourth-order valence-corrected chi connectivity index (χ4v) is 5.68. The van der Waals surface area contributed by atoms with E-state index in [1.165, 1.54) is 19.3 Å². The maximum Gasteiger partial charge on any atom is 0.331 e. The Morgan fingerprint density at radius 3 is 2.21 bits per heavy atom. The van der Waals surface area contributed by atoms with Crippen LogP contribution in [0.3, 0.4) is 0 Å². The van der Waals surface area contributed by atoms with Crippen LogP contribution in [-0.2, 0) is 9.36 Å². The first-order chi connectivity index (χ1) is 11.4. The van der Waals surface area contributed by atoms with E-state index in [2.05, 4.69) is 0 Å². The number of aliphatic carboxylic acids is 1. The summed E-state index contributed by atoms with van der Waals surface area (Å²) >= 11 is 0. The molecule has 0 amide bonds. The van der Waals surface area contributed by atoms with E-state index < -0.39 is 19.1 Å². The zero-order valence-electron chi connectivity index (χ0n) is 14.5. The number of hydrogen-bond donors (Lipinski definition) is 3. The van der Waals surface area contributed by atoms with Crippen LogP contribution in [0.5, 0.6) is 0 Å². The molecule has 0 aliphatic heterocycles. The molecule has 0 aromatic heterocycles. The highest BCUT2D eigenvalue weighted by molar-refractivity contribution is 7.59. The van der Waals surface area contributed by atoms with Gasteiger partial charge < -0.3 is 15.7 Å². The number of carboxylic acids is 1. The average molecular weight is 357 g/mol. The molecule has 5 nitrogen and oxygen atoms in total. The summed E-state index contributed by atoms with van der Waals surface area (Å²) in [5, 5.41) is 9.37. The van der Waals surface area contributed by atoms with Crippen LogP contribution in [0.1, 0.15) is 70.6 Å². The van der Waals surface area contributed by atoms with Gasteiger partial charge in [0.25, 0.3) is 0 Å². The summed E-state index contributed by atoms with van der Waals surface area (Å²) in [5.41, 5.74) is 6.08. The molecule has 0 spiro atoms. The molecule has 0 saturated heterocycles. The van der Waals surface area contributed by atoms with E-state index in [1.807, 2.05) is 0 Å². The molecule has 2 aliphatic carbocycles. The normalized spacial score (nSPS) is 24.7. The van der Waals surface area contributed by atoms with Gasteiger partial charge in [-0.05, 0) is 24.7 Å². The van der Waals surface area contributed by atoms with Gasteiger partial charge in [0.2, 0.25) is 7.37 Å². The third kappa shape index (κ3) is 6.02. The second-order valence-corrected chi connectivity index (χ2v) is 10.1. The third-order valence-corrected chi connectivity index (χ3v) is 7.70. The standard InChI is InChI=1S/C18H32NO4P/c19-17(12-15-8-2-1-3-9-15)24(22,23)13-16(18(20)21)11-10-14-6-4-5-7-14/h11,14-15,17H,1-10,12-13,19H2,(H,20,21)(H,22,23). The summed E-state index contributed by atoms with van der Waals surface area (Å²) in [5.74, 6) is -0.972. The van der Waals surface area contributed by atoms with Gasteiger partial charge in [-0.25, -0.2) is 4.79 Å². The summed E-state index contributed by atoms with van der Waals surface area (Å²) in [6.07, 6.45) is 12.9. The number of carboxylic acid groups (broad SMARTS) is 1. The molecule has 0 bridgehead atoms. The predicted octanol–water partition coefficient (Wildman–Crippen LogP) is 4.10. The lowest BCUT2D eigenvalue weighted by Crippen LogP contribution is -2.27. The van der Waals surface area contributed by atoms with Crippen molar-refractivity contribution in [1.29, 1.82) is 0 Å². The van der Waals surface area contributed by atoms with Crippen molar-refractivity contribution < 1.29 is 19.4 Å². The SMILES string of the molecule is NC(CC1CCCCC1)P(=O)(O)CC(=CCC1CCCC1)C(=O)O. The highest BCUT2D eigenvalue weighted by Gasteiger charge is 2.33. The molecule has 0 aromatic rings. The molecule has 0 heterocycles. The van der Waals surface area contributed by atoms with Crippen LogP contribution in [0, 0.1) is 11.8 Å². The largest absolute Gasteiger partial charge is 0.478 e. The van der Waals surface area contributed by atoms with Gasteiger partial charge in [0.05, 0.1) is 11.9 Å². The van der Waals surface area contributed by atoms with Crippen molar-refractivity contribution in [2.24, 2.45) is 17.6 Å². The van der Waals surface area contributed by atoms with Crippen molar-refractivity contribution in [2.45, 2.75) is 76.4 Å². The molecule has 24 heavy (non-hydrogen) atoms. The Morgan fingerprint density at radius 2 is 1.62 bits per heavy atom. The fourth-order valence-electron chi connectivity index (χ4n) is 4.06. The fraction of sp³-hybridized carbons (Fsp3) is 0.833. The maximum atomic E-state index is 12.6. The monoisotopic (exact) mass is 357 g/mol. The lowest BCUT2D eigenvalue weighted by molar-refractivity contribution is -0.132. The summed E-state index contributed by atoms with van der Waals surface area (Å²) in [6.45, 7) is 0. The maximum absolute atomic E-state index is 12.6. The topological polar surface area (TPSA) is 101 Å². The van der Waals surface area contributed by atoms with Crippen molar-refractivity contribution in [1.82, 2.24) is 0 Å². The molecule has 0 radical (unpaired) electrons. The van der Waals surface area contributed by atoms with Crippen LogP contribution < -0.4 is 5.73 Å². The molecule has 0 aromatic carbocycles. The van der Waals surface area contributed by atoms with Gasteiger partial charge in [0.1, 0.15) is 0 Å². The Bertz CT molecular complexity index is 493. The van der Waals surface area contributed by atoms with Gasteiger partial charge in [-0.15, -0.1) is 0 Å². The molecule has 2 unspecified atom stereocenters. The van der Waals surface area contributed by atoms with Gasteiger partial charge in [-0.1, -0.05) is 63.9 Å². The Labute approximate surface area is 145 Å². The van der Waals surface area contributed by atoms with Gasteiger partial charge in [0, 0.05) is 5.57 Å². The Balaban J connectivity index is 1.93. The number of allylic oxidation sites excluding steroid dienone is 1. The van der Waals surface area contributed by atoms with Crippen molar-refractivity contribution in [3.05, 3.63) is 11.6 Å². The molecule has 2 aliphatic rings. The Kier molecular flexibility index (Phi) is 7.52. The molecular formula is C18H32NO4P. The van der Waals surface area contributed by atoms with Crippen molar-refractivity contribution in [3.8, 4) is 0 Å². The minimum absolute atomic E-state index is 0.0619. The van der Waals surface area contributed by atoms with E-state index in [9.17, 15) is 19.4 Å². The number of carbonyl (C=O) groups is 1. The first-order valence-corrected chi connectivity index (χ1v) is 11.3. The van der Waals surface area contributed by atoms with E-state index in [4.69, 9.17) is 5.73 Å². The van der Waals surface area contributed by atoms with E-state index in [-0.39, 0.29) is 11.7 Å². The third-order valence-electron chi connectivity index (χ3n) is 5.66. The minimum atomic E-state index is -3.69. The van der Waals surface area contributed by atoms with Crippen molar-refractivity contribution in [2.75, 3.05) is 6.16 Å². The van der Waals surface area contributed by atoms with E-state index in [0.717, 1.165) is 38.5 Å². The van der Waals surface area contributed by atoms with Crippen LogP contribution in [0.4, 0.5) is 0 Å². The van der Waals surface area contributed by atoms with E-state index in [0.29, 0.717) is 24.7 Å². The lowest BCUT2D eigenvalue weighted by atomic mass is 9.87. The molecule has 138 valence electrons. The molecule has 2 saturated carbocycles. The zero-order valence-corrected chi connectivity index (χ0v) is 15.4. The summed E-state index contributed by atoms with van der Waals surface area (Å²) in [4.78, 5) is 21.8. The minimum Gasteiger partial charge on any atom is -0.478 e. The van der Waals surface area contributed by atoms with Crippen LogP contribution in [-0.4, -0.2) is 27.9 Å². The van der Waals surface area contributed by atoms with Crippen LogP contribution in [0.25, 0.3) is 0 Å². The quantitative estimate of drug-likeness (QED) is 0.448. The molecule has 2 atom stereocenters. The predicted molar refractivity (Wildman–Crippen MR) is 96.2 cm³/mol. The lowest BCUT2D eigenvalue weighted by Gasteiger charge is -2.27. The number of rotatable bonds is 8. The molecule has 2 fully saturated rings. The summed E-state index contributed by atoms with van der Waals surface area (Å²) in [6, 6.07) is 0. The van der Waals surface area contributed by atoms with Gasteiger partial charge >= 0.3 is 5.97 Å². The molecule has 2 rings (SSSR count). The van der Waals surface area contributed by atoms with Crippen molar-refractivity contribution in [3.63, 3.8) is 0 Å². The number of nitrogens with two attached hydrogens (primary N) is 1. The highest BCUT2D eigenvalue weighted by Crippen LogP contribution is 2.49. The van der Waals surface area contributed by atoms with Crippen molar-refractivity contribution >= 4 is 13.3 Å². The smallest absolute Gasteiger partial charge is 0.331 e. The van der Waals surface area contributed by atoms with Gasteiger partial charge in [0.15, 0.2) is 0 Å². The highest BCUT2D eigenvalue weighted by atomic mass is 31.2. The second-order valence-electron chi connectivity index (χ2n) is 7.64. The second kappa shape index (κ2) is 9.17. The first-order valence-electron chi connectivity index (χ1n) is 9.38. The van der Waals surface area contributed by atoms with Crippen LogP contribution in [0.15, 0.2) is 11.6 Å². The summed E-state index contributed by atoms with van der Waals surface area (Å²) in [7, 11) is -3.69. The van der Waals surface area contributed by atoms with Crippen LogP contribution in [0.2, 0.25) is 0 Å².